The Bertz CT molecular complexity index is 877. The Kier molecular flexibility index (Phi) is 12.3. The number of nitrogens with one attached hydrogen (secondary N) is 1. The SMILES string of the molecule is CC(=O)Nc1c(I)cc(I)c(OCCOC(C(=O)O)c2ccc(C)cc2)c1I.[Na+]. The number of halogens is 3. The average Bonchev–Trinajstić information content (AvgIpc) is 2.61. The van der Waals surface area contributed by atoms with Crippen LogP contribution in [0.25, 0.3) is 0 Å². The van der Waals surface area contributed by atoms with E-state index in [1.54, 1.807) is 12.1 Å². The van der Waals surface area contributed by atoms with Crippen molar-refractivity contribution in [1.29, 1.82) is 0 Å². The Morgan fingerprint density at radius 1 is 1.10 bits per heavy atom. The summed E-state index contributed by atoms with van der Waals surface area (Å²) in [7, 11) is 0. The maximum Gasteiger partial charge on any atom is 1.00 e. The minimum Gasteiger partial charge on any atom is -0.489 e. The number of carbonyl (C=O) groups excluding carboxylic acids is 1. The summed E-state index contributed by atoms with van der Waals surface area (Å²) < 4.78 is 14.0. The van der Waals surface area contributed by atoms with Crippen molar-refractivity contribution in [3.8, 4) is 5.75 Å². The smallest absolute Gasteiger partial charge is 0.489 e. The van der Waals surface area contributed by atoms with Gasteiger partial charge < -0.3 is 19.9 Å². The molecule has 2 aromatic rings. The number of aliphatic carboxylic acids is 1. The van der Waals surface area contributed by atoms with Crippen molar-refractivity contribution < 1.29 is 53.7 Å². The molecule has 2 aromatic carbocycles. The number of anilines is 1. The molecule has 0 aliphatic rings. The van der Waals surface area contributed by atoms with Crippen molar-refractivity contribution in [2.24, 2.45) is 0 Å². The van der Waals surface area contributed by atoms with Gasteiger partial charge in [0.05, 0.1) is 19.4 Å². The molecule has 0 spiro atoms. The van der Waals surface area contributed by atoms with Crippen LogP contribution in [0, 0.1) is 17.6 Å². The van der Waals surface area contributed by atoms with Gasteiger partial charge in [-0.3, -0.25) is 4.79 Å². The zero-order valence-electron chi connectivity index (χ0n) is 16.1. The van der Waals surface area contributed by atoms with Gasteiger partial charge in [0.25, 0.3) is 0 Å². The van der Waals surface area contributed by atoms with Crippen molar-refractivity contribution in [2.45, 2.75) is 20.0 Å². The van der Waals surface area contributed by atoms with E-state index in [4.69, 9.17) is 9.47 Å². The molecule has 0 saturated heterocycles. The first-order chi connectivity index (χ1) is 13.2. The van der Waals surface area contributed by atoms with Crippen molar-refractivity contribution >= 4 is 85.3 Å². The Morgan fingerprint density at radius 3 is 2.28 bits per heavy atom. The number of benzene rings is 2. The van der Waals surface area contributed by atoms with E-state index in [-0.39, 0.29) is 48.7 Å². The Morgan fingerprint density at radius 2 is 1.72 bits per heavy atom. The van der Waals surface area contributed by atoms with Gasteiger partial charge in [-0.2, -0.15) is 0 Å². The maximum atomic E-state index is 11.5. The molecule has 0 saturated carbocycles. The topological polar surface area (TPSA) is 84.9 Å². The Labute approximate surface area is 232 Å². The fourth-order valence-corrected chi connectivity index (χ4v) is 6.31. The monoisotopic (exact) mass is 744 g/mol. The van der Waals surface area contributed by atoms with Gasteiger partial charge in [0.1, 0.15) is 12.4 Å². The van der Waals surface area contributed by atoms with Gasteiger partial charge in [-0.1, -0.05) is 29.8 Å². The number of hydrogen-bond acceptors (Lipinski definition) is 4. The van der Waals surface area contributed by atoms with Crippen LogP contribution >= 0.6 is 67.8 Å². The van der Waals surface area contributed by atoms with Crippen LogP contribution in [0.3, 0.4) is 0 Å². The summed E-state index contributed by atoms with van der Waals surface area (Å²) >= 11 is 6.46. The van der Waals surface area contributed by atoms with Crippen LogP contribution in [0.15, 0.2) is 30.3 Å². The molecule has 2 N–H and O–H groups in total. The molecule has 0 aliphatic heterocycles. The number of aryl methyl sites for hydroxylation is 1. The average molecular weight is 744 g/mol. The Hall–Kier alpha value is 0.330. The fourth-order valence-electron chi connectivity index (χ4n) is 2.36. The van der Waals surface area contributed by atoms with Crippen molar-refractivity contribution in [3.63, 3.8) is 0 Å². The molecular formula is C19H18I3NNaO5+. The van der Waals surface area contributed by atoms with Crippen LogP contribution in [0.4, 0.5) is 5.69 Å². The molecule has 0 fully saturated rings. The van der Waals surface area contributed by atoms with Crippen molar-refractivity contribution in [3.05, 3.63) is 52.2 Å². The molecule has 6 nitrogen and oxygen atoms in total. The number of rotatable bonds is 8. The third-order valence-electron chi connectivity index (χ3n) is 3.65. The summed E-state index contributed by atoms with van der Waals surface area (Å²) in [5.74, 6) is -0.569. The number of carbonyl (C=O) groups is 2. The summed E-state index contributed by atoms with van der Waals surface area (Å²) in [4.78, 5) is 23.0. The van der Waals surface area contributed by atoms with E-state index >= 15 is 0 Å². The standard InChI is InChI=1S/C19H18I3NO5.Na/c1-10-3-5-12(6-4-10)17(19(25)26)27-7-8-28-18-14(21)9-13(20)16(15(18)22)23-11(2)24;/h3-6,9,17H,7-8H2,1-2H3,(H,23,24)(H,25,26);/q;+1. The largest absolute Gasteiger partial charge is 1.00 e. The second-order valence-corrected chi connectivity index (χ2v) is 9.29. The van der Waals surface area contributed by atoms with Crippen molar-refractivity contribution in [1.82, 2.24) is 0 Å². The number of carboxylic acid groups (broad SMARTS) is 1. The van der Waals surface area contributed by atoms with Crippen LogP contribution in [-0.4, -0.2) is 30.2 Å². The molecule has 1 atom stereocenters. The van der Waals surface area contributed by atoms with E-state index in [2.05, 4.69) is 73.1 Å². The van der Waals surface area contributed by atoms with Crippen molar-refractivity contribution in [2.75, 3.05) is 18.5 Å². The van der Waals surface area contributed by atoms with Gasteiger partial charge in [-0.15, -0.1) is 0 Å². The molecule has 0 aromatic heterocycles. The van der Waals surface area contributed by atoms with Gasteiger partial charge >= 0.3 is 35.5 Å². The Balaban J connectivity index is 0.00000420. The maximum absolute atomic E-state index is 11.5. The van der Waals surface area contributed by atoms with Crippen LogP contribution < -0.4 is 39.6 Å². The normalized spacial score (nSPS) is 11.3. The van der Waals surface area contributed by atoms with E-state index in [0.29, 0.717) is 17.0 Å². The summed E-state index contributed by atoms with van der Waals surface area (Å²) in [6.07, 6.45) is -1.05. The molecular weight excluding hydrogens is 726 g/mol. The zero-order valence-corrected chi connectivity index (χ0v) is 24.6. The molecule has 29 heavy (non-hydrogen) atoms. The molecule has 1 amide bonds. The molecule has 0 heterocycles. The third-order valence-corrected chi connectivity index (χ3v) is 6.33. The predicted molar refractivity (Wildman–Crippen MR) is 132 cm³/mol. The molecule has 150 valence electrons. The number of hydrogen-bond donors (Lipinski definition) is 2. The second-order valence-electron chi connectivity index (χ2n) is 5.89. The minimum atomic E-state index is -1.05. The molecule has 0 radical (unpaired) electrons. The molecule has 0 bridgehead atoms. The fraction of sp³-hybridized carbons (Fsp3) is 0.263. The number of ether oxygens (including phenoxy) is 2. The van der Waals surface area contributed by atoms with E-state index in [1.807, 2.05) is 25.1 Å². The number of amides is 1. The van der Waals surface area contributed by atoms with Gasteiger partial charge in [0.15, 0.2) is 6.10 Å². The third kappa shape index (κ3) is 8.07. The van der Waals surface area contributed by atoms with Gasteiger partial charge in [-0.25, -0.2) is 4.79 Å². The van der Waals surface area contributed by atoms with Gasteiger partial charge in [0, 0.05) is 10.5 Å². The summed E-state index contributed by atoms with van der Waals surface area (Å²) in [6, 6.07) is 9.12. The van der Waals surface area contributed by atoms with Crippen LogP contribution in [-0.2, 0) is 14.3 Å². The molecule has 2 rings (SSSR count). The zero-order chi connectivity index (χ0) is 20.8. The first kappa shape index (κ1) is 27.4. The van der Waals surface area contributed by atoms with E-state index in [0.717, 1.165) is 16.3 Å². The van der Waals surface area contributed by atoms with Gasteiger partial charge in [0.2, 0.25) is 5.91 Å². The summed E-state index contributed by atoms with van der Waals surface area (Å²) in [5, 5.41) is 12.3. The van der Waals surface area contributed by atoms with Crippen LogP contribution in [0.2, 0.25) is 0 Å². The predicted octanol–water partition coefficient (Wildman–Crippen LogP) is 1.99. The number of carboxylic acids is 1. The first-order valence-electron chi connectivity index (χ1n) is 8.19. The molecule has 0 aliphatic carbocycles. The van der Waals surface area contributed by atoms with E-state index < -0.39 is 12.1 Å². The van der Waals surface area contributed by atoms with Crippen LogP contribution in [0.1, 0.15) is 24.2 Å². The molecule has 10 heteroatoms. The van der Waals surface area contributed by atoms with Crippen LogP contribution in [0.5, 0.6) is 5.75 Å². The first-order valence-corrected chi connectivity index (χ1v) is 11.4. The van der Waals surface area contributed by atoms with E-state index in [9.17, 15) is 14.7 Å². The van der Waals surface area contributed by atoms with E-state index in [1.165, 1.54) is 6.92 Å². The summed E-state index contributed by atoms with van der Waals surface area (Å²) in [5.41, 5.74) is 2.34. The minimum absolute atomic E-state index is 0. The van der Waals surface area contributed by atoms with Gasteiger partial charge in [-0.05, 0) is 86.3 Å². The second kappa shape index (κ2) is 13.0. The molecule has 1 unspecified atom stereocenters. The summed E-state index contributed by atoms with van der Waals surface area (Å²) in [6.45, 7) is 3.68. The quantitative estimate of drug-likeness (QED) is 0.246.